The summed E-state index contributed by atoms with van der Waals surface area (Å²) in [6, 6.07) is 15.5. The normalized spacial score (nSPS) is 15.7. The van der Waals surface area contributed by atoms with Crippen molar-refractivity contribution >= 4 is 6.03 Å². The van der Waals surface area contributed by atoms with Gasteiger partial charge in [0.05, 0.1) is 18.2 Å². The zero-order chi connectivity index (χ0) is 25.0. The van der Waals surface area contributed by atoms with Crippen LogP contribution in [0.4, 0.5) is 9.18 Å². The van der Waals surface area contributed by atoms with Crippen molar-refractivity contribution in [2.24, 2.45) is 7.05 Å². The minimum atomic E-state index is -0.392. The number of carbonyl (C=O) groups is 1. The molecule has 0 aliphatic carbocycles. The van der Waals surface area contributed by atoms with Crippen molar-refractivity contribution < 1.29 is 18.7 Å². The summed E-state index contributed by atoms with van der Waals surface area (Å²) < 4.78 is 27.2. The van der Waals surface area contributed by atoms with Crippen LogP contribution in [0.25, 0.3) is 11.3 Å². The molecule has 1 N–H and O–H groups in total. The van der Waals surface area contributed by atoms with Crippen molar-refractivity contribution in [2.45, 2.75) is 51.8 Å². The van der Waals surface area contributed by atoms with Gasteiger partial charge < -0.3 is 19.7 Å². The number of hydrogen-bond donors (Lipinski definition) is 1. The van der Waals surface area contributed by atoms with E-state index >= 15 is 0 Å². The molecule has 1 aromatic heterocycles. The van der Waals surface area contributed by atoms with Crippen LogP contribution in [0.3, 0.4) is 0 Å². The molecule has 3 aromatic rings. The highest BCUT2D eigenvalue weighted by Gasteiger charge is 2.29. The Kier molecular flexibility index (Phi) is 7.40. The monoisotopic (exact) mass is 480 g/mol. The fourth-order valence-electron chi connectivity index (χ4n) is 4.11. The molecule has 35 heavy (non-hydrogen) atoms. The van der Waals surface area contributed by atoms with Crippen LogP contribution >= 0.6 is 0 Å². The predicted octanol–water partition coefficient (Wildman–Crippen LogP) is 5.51. The molecule has 0 bridgehead atoms. The smallest absolute Gasteiger partial charge is 0.318 e. The Morgan fingerprint density at radius 2 is 1.91 bits per heavy atom. The Bertz CT molecular complexity index is 1130. The fraction of sp³-hybridized carbons (Fsp3) is 0.407. The van der Waals surface area contributed by atoms with Crippen LogP contribution in [0, 0.1) is 5.82 Å². The molecular weight excluding hydrogens is 447 g/mol. The number of halogens is 1. The molecular formula is C27H33FN4O3. The molecule has 1 saturated heterocycles. The van der Waals surface area contributed by atoms with Gasteiger partial charge in [0.15, 0.2) is 0 Å². The molecule has 0 radical (unpaired) electrons. The number of aromatic nitrogens is 2. The molecule has 2 amide bonds. The van der Waals surface area contributed by atoms with Gasteiger partial charge in [-0.05, 0) is 57.9 Å². The van der Waals surface area contributed by atoms with E-state index in [0.29, 0.717) is 24.8 Å². The lowest BCUT2D eigenvalue weighted by molar-refractivity contribution is 0.0780. The Balaban J connectivity index is 1.73. The Morgan fingerprint density at radius 3 is 2.54 bits per heavy atom. The number of aryl methyl sites for hydroxylation is 1. The zero-order valence-corrected chi connectivity index (χ0v) is 20.8. The second-order valence-corrected chi connectivity index (χ2v) is 9.87. The standard InChI is InChI=1S/C27H33FN4O3/c1-27(2,3)29-26(33)32(17-22-11-8-16-34-22)18-23-24(19-9-6-5-7-10-19)30-31(4)25(23)35-21-14-12-20(28)13-15-21/h5-7,9-10,12-15,22H,8,11,16-18H2,1-4H3,(H,29,33)/t22-/m0/s1. The van der Waals surface area contributed by atoms with Crippen LogP contribution in [-0.2, 0) is 18.3 Å². The van der Waals surface area contributed by atoms with E-state index in [0.717, 1.165) is 29.7 Å². The van der Waals surface area contributed by atoms with E-state index in [-0.39, 0.29) is 24.5 Å². The summed E-state index contributed by atoms with van der Waals surface area (Å²) in [6.07, 6.45) is 1.89. The van der Waals surface area contributed by atoms with E-state index in [1.165, 1.54) is 12.1 Å². The molecule has 2 aromatic carbocycles. The Labute approximate surface area is 205 Å². The lowest BCUT2D eigenvalue weighted by Crippen LogP contribution is -2.50. The lowest BCUT2D eigenvalue weighted by Gasteiger charge is -2.30. The van der Waals surface area contributed by atoms with Gasteiger partial charge in [0, 0.05) is 31.3 Å². The molecule has 8 heteroatoms. The van der Waals surface area contributed by atoms with Crippen molar-refractivity contribution in [2.75, 3.05) is 13.2 Å². The zero-order valence-electron chi connectivity index (χ0n) is 20.8. The van der Waals surface area contributed by atoms with Gasteiger partial charge in [-0.2, -0.15) is 5.10 Å². The van der Waals surface area contributed by atoms with Gasteiger partial charge in [0.25, 0.3) is 0 Å². The van der Waals surface area contributed by atoms with Gasteiger partial charge in [0.1, 0.15) is 17.3 Å². The summed E-state index contributed by atoms with van der Waals surface area (Å²) in [4.78, 5) is 15.1. The highest BCUT2D eigenvalue weighted by molar-refractivity contribution is 5.76. The van der Waals surface area contributed by atoms with E-state index in [4.69, 9.17) is 14.6 Å². The molecule has 4 rings (SSSR count). The predicted molar refractivity (Wildman–Crippen MR) is 133 cm³/mol. The van der Waals surface area contributed by atoms with Crippen molar-refractivity contribution in [1.29, 1.82) is 0 Å². The quantitative estimate of drug-likeness (QED) is 0.484. The second-order valence-electron chi connectivity index (χ2n) is 9.87. The summed E-state index contributed by atoms with van der Waals surface area (Å²) in [5.41, 5.74) is 2.02. The van der Waals surface area contributed by atoms with Crippen LogP contribution in [0.15, 0.2) is 54.6 Å². The second kappa shape index (κ2) is 10.5. The first kappa shape index (κ1) is 24.7. The van der Waals surface area contributed by atoms with E-state index < -0.39 is 5.54 Å². The van der Waals surface area contributed by atoms with E-state index in [9.17, 15) is 9.18 Å². The minimum absolute atomic E-state index is 0.0148. The first-order chi connectivity index (χ1) is 16.7. The van der Waals surface area contributed by atoms with E-state index in [1.54, 1.807) is 28.8 Å². The van der Waals surface area contributed by atoms with Crippen molar-refractivity contribution in [3.8, 4) is 22.9 Å². The highest BCUT2D eigenvalue weighted by Crippen LogP contribution is 2.34. The Hall–Kier alpha value is -3.39. The number of carbonyl (C=O) groups excluding carboxylic acids is 1. The number of urea groups is 1. The van der Waals surface area contributed by atoms with Gasteiger partial charge in [0.2, 0.25) is 5.88 Å². The maximum atomic E-state index is 13.5. The maximum absolute atomic E-state index is 13.5. The van der Waals surface area contributed by atoms with Gasteiger partial charge in [-0.1, -0.05) is 30.3 Å². The largest absolute Gasteiger partial charge is 0.439 e. The van der Waals surface area contributed by atoms with Crippen molar-refractivity contribution in [1.82, 2.24) is 20.0 Å². The van der Waals surface area contributed by atoms with Gasteiger partial charge >= 0.3 is 6.03 Å². The molecule has 0 unspecified atom stereocenters. The number of ether oxygens (including phenoxy) is 2. The molecule has 0 saturated carbocycles. The number of nitrogens with one attached hydrogen (secondary N) is 1. The Morgan fingerprint density at radius 1 is 1.20 bits per heavy atom. The summed E-state index contributed by atoms with van der Waals surface area (Å²) >= 11 is 0. The van der Waals surface area contributed by atoms with Crippen LogP contribution in [-0.4, -0.2) is 45.5 Å². The number of nitrogens with zero attached hydrogens (tertiary/aromatic N) is 3. The first-order valence-corrected chi connectivity index (χ1v) is 11.9. The summed E-state index contributed by atoms with van der Waals surface area (Å²) in [5.74, 6) is 0.644. The third kappa shape index (κ3) is 6.39. The third-order valence-corrected chi connectivity index (χ3v) is 5.73. The van der Waals surface area contributed by atoms with Crippen LogP contribution in [0.5, 0.6) is 11.6 Å². The van der Waals surface area contributed by atoms with E-state index in [1.807, 2.05) is 51.1 Å². The SMILES string of the molecule is Cn1nc(-c2ccccc2)c(CN(C[C@@H]2CCCO2)C(=O)NC(C)(C)C)c1Oc1ccc(F)cc1. The van der Waals surface area contributed by atoms with Gasteiger partial charge in [-0.15, -0.1) is 0 Å². The number of amides is 2. The maximum Gasteiger partial charge on any atom is 0.318 e. The summed E-state index contributed by atoms with van der Waals surface area (Å²) in [7, 11) is 1.80. The topological polar surface area (TPSA) is 68.6 Å². The number of rotatable bonds is 7. The van der Waals surface area contributed by atoms with Crippen LogP contribution in [0.1, 0.15) is 39.2 Å². The van der Waals surface area contributed by atoms with Crippen LogP contribution in [0.2, 0.25) is 0 Å². The van der Waals surface area contributed by atoms with Gasteiger partial charge in [-0.25, -0.2) is 13.9 Å². The van der Waals surface area contributed by atoms with E-state index in [2.05, 4.69) is 5.32 Å². The highest BCUT2D eigenvalue weighted by atomic mass is 19.1. The fourth-order valence-corrected chi connectivity index (χ4v) is 4.11. The molecule has 186 valence electrons. The van der Waals surface area contributed by atoms with Crippen molar-refractivity contribution in [3.63, 3.8) is 0 Å². The summed E-state index contributed by atoms with van der Waals surface area (Å²) in [5, 5.41) is 7.82. The lowest BCUT2D eigenvalue weighted by atomic mass is 10.1. The first-order valence-electron chi connectivity index (χ1n) is 11.9. The average molecular weight is 481 g/mol. The molecule has 1 fully saturated rings. The summed E-state index contributed by atoms with van der Waals surface area (Å²) in [6.45, 7) is 7.31. The van der Waals surface area contributed by atoms with Crippen LogP contribution < -0.4 is 10.1 Å². The molecule has 1 aliphatic heterocycles. The molecule has 1 atom stereocenters. The third-order valence-electron chi connectivity index (χ3n) is 5.73. The minimum Gasteiger partial charge on any atom is -0.439 e. The number of benzene rings is 2. The molecule has 7 nitrogen and oxygen atoms in total. The number of hydrogen-bond acceptors (Lipinski definition) is 4. The molecule has 0 spiro atoms. The molecule has 1 aliphatic rings. The van der Waals surface area contributed by atoms with Crippen molar-refractivity contribution in [3.05, 3.63) is 66.0 Å². The average Bonchev–Trinajstić information content (AvgIpc) is 3.43. The molecule has 2 heterocycles. The van der Waals surface area contributed by atoms with Gasteiger partial charge in [-0.3, -0.25) is 0 Å².